The van der Waals surface area contributed by atoms with Gasteiger partial charge in [-0.3, -0.25) is 4.79 Å². The van der Waals surface area contributed by atoms with Gasteiger partial charge in [0.2, 0.25) is 0 Å². The maximum absolute atomic E-state index is 13.5. The second kappa shape index (κ2) is 12.1. The Labute approximate surface area is 222 Å². The van der Waals surface area contributed by atoms with Gasteiger partial charge in [0.1, 0.15) is 12.4 Å². The van der Waals surface area contributed by atoms with Crippen LogP contribution >= 0.6 is 0 Å². The number of amides is 1. The fourth-order valence-corrected chi connectivity index (χ4v) is 5.09. The van der Waals surface area contributed by atoms with Crippen LogP contribution in [-0.2, 0) is 21.4 Å². The van der Waals surface area contributed by atoms with Crippen LogP contribution < -0.4 is 18.5 Å². The van der Waals surface area contributed by atoms with Crippen molar-refractivity contribution in [2.45, 2.75) is 11.5 Å². The Kier molecular flexibility index (Phi) is 8.45. The monoisotopic (exact) mass is 529 g/mol. The highest BCUT2D eigenvalue weighted by Gasteiger charge is 2.29. The number of hydrogen-bond acceptors (Lipinski definition) is 6. The van der Waals surface area contributed by atoms with Crippen LogP contribution in [0.25, 0.3) is 6.08 Å². The average Bonchev–Trinajstić information content (AvgIpc) is 2.96. The molecule has 0 aliphatic carbocycles. The van der Waals surface area contributed by atoms with Crippen LogP contribution in [0, 0.1) is 0 Å². The van der Waals surface area contributed by atoms with Crippen molar-refractivity contribution in [1.82, 2.24) is 0 Å². The quantitative estimate of drug-likeness (QED) is 0.245. The van der Waals surface area contributed by atoms with Gasteiger partial charge in [-0.25, -0.2) is 8.42 Å². The highest BCUT2D eigenvalue weighted by molar-refractivity contribution is 7.93. The summed E-state index contributed by atoms with van der Waals surface area (Å²) in [6.07, 6.45) is 2.74. The predicted molar refractivity (Wildman–Crippen MR) is 147 cm³/mol. The van der Waals surface area contributed by atoms with E-state index in [2.05, 4.69) is 0 Å². The number of hydrogen-bond donors (Lipinski definition) is 0. The summed E-state index contributed by atoms with van der Waals surface area (Å²) >= 11 is 0. The molecule has 38 heavy (non-hydrogen) atoms. The van der Waals surface area contributed by atoms with Crippen LogP contribution in [0.15, 0.2) is 114 Å². The van der Waals surface area contributed by atoms with Gasteiger partial charge in [-0.15, -0.1) is 0 Å². The number of ether oxygens (including phenoxy) is 3. The van der Waals surface area contributed by atoms with Crippen LogP contribution in [-0.4, -0.2) is 28.5 Å². The summed E-state index contributed by atoms with van der Waals surface area (Å²) < 4.78 is 44.3. The maximum Gasteiger partial charge on any atom is 0.271 e. The number of sulfonamides is 1. The molecule has 8 heteroatoms. The molecular formula is C30H27NO6S. The lowest BCUT2D eigenvalue weighted by Gasteiger charge is -2.21. The van der Waals surface area contributed by atoms with E-state index >= 15 is 0 Å². The molecule has 0 atom stereocenters. The summed E-state index contributed by atoms with van der Waals surface area (Å²) in [6, 6.07) is 29.0. The molecule has 0 bridgehead atoms. The van der Waals surface area contributed by atoms with E-state index in [0.29, 0.717) is 29.4 Å². The Morgan fingerprint density at radius 1 is 0.789 bits per heavy atom. The molecule has 1 amide bonds. The van der Waals surface area contributed by atoms with Crippen molar-refractivity contribution in [3.63, 3.8) is 0 Å². The van der Waals surface area contributed by atoms with E-state index in [0.717, 1.165) is 9.87 Å². The lowest BCUT2D eigenvalue weighted by molar-refractivity contribution is -0.113. The number of rotatable bonds is 10. The van der Waals surface area contributed by atoms with Gasteiger partial charge in [-0.1, -0.05) is 54.6 Å². The fourth-order valence-electron chi connectivity index (χ4n) is 3.68. The van der Waals surface area contributed by atoms with Crippen LogP contribution in [0.4, 0.5) is 5.69 Å². The van der Waals surface area contributed by atoms with E-state index in [-0.39, 0.29) is 10.6 Å². The summed E-state index contributed by atoms with van der Waals surface area (Å²) in [5.74, 6) is 0.837. The zero-order valence-corrected chi connectivity index (χ0v) is 21.8. The molecule has 4 aromatic carbocycles. The molecule has 4 rings (SSSR count). The van der Waals surface area contributed by atoms with E-state index in [4.69, 9.17) is 14.2 Å². The Morgan fingerprint density at radius 2 is 1.45 bits per heavy atom. The molecule has 0 unspecified atom stereocenters. The van der Waals surface area contributed by atoms with Crippen molar-refractivity contribution in [1.29, 1.82) is 0 Å². The molecule has 0 spiro atoms. The van der Waals surface area contributed by atoms with E-state index in [1.54, 1.807) is 48.5 Å². The fraction of sp³-hybridized carbons (Fsp3) is 0.100. The van der Waals surface area contributed by atoms with Crippen LogP contribution in [0.2, 0.25) is 0 Å². The SMILES string of the molecule is COc1ccc(N(C(=O)/C=C/c2ccc(OCc3ccccc3)c(OC)c2)S(=O)(=O)c2ccccc2)cc1. The van der Waals surface area contributed by atoms with Gasteiger partial charge >= 0.3 is 0 Å². The molecule has 0 N–H and O–H groups in total. The van der Waals surface area contributed by atoms with Gasteiger partial charge in [0.15, 0.2) is 11.5 Å². The first-order valence-corrected chi connectivity index (χ1v) is 13.2. The molecular weight excluding hydrogens is 502 g/mol. The molecule has 7 nitrogen and oxygen atoms in total. The number of nitrogens with zero attached hydrogens (tertiary/aromatic N) is 1. The largest absolute Gasteiger partial charge is 0.497 e. The highest BCUT2D eigenvalue weighted by atomic mass is 32.2. The maximum atomic E-state index is 13.5. The Balaban J connectivity index is 1.60. The van der Waals surface area contributed by atoms with Gasteiger partial charge in [-0.05, 0) is 65.7 Å². The lowest BCUT2D eigenvalue weighted by atomic mass is 10.2. The van der Waals surface area contributed by atoms with Gasteiger partial charge in [0.25, 0.3) is 15.9 Å². The molecule has 0 saturated heterocycles. The third-order valence-corrected chi connectivity index (χ3v) is 7.37. The number of anilines is 1. The molecule has 0 aliphatic rings. The van der Waals surface area contributed by atoms with E-state index in [1.165, 1.54) is 50.6 Å². The highest BCUT2D eigenvalue weighted by Crippen LogP contribution is 2.30. The Morgan fingerprint density at radius 3 is 2.08 bits per heavy atom. The van der Waals surface area contributed by atoms with E-state index in [9.17, 15) is 13.2 Å². The van der Waals surface area contributed by atoms with Crippen molar-refractivity contribution in [3.05, 3.63) is 120 Å². The first kappa shape index (κ1) is 26.5. The predicted octanol–water partition coefficient (Wildman–Crippen LogP) is 5.72. The summed E-state index contributed by atoms with van der Waals surface area (Å²) in [7, 11) is -1.15. The summed E-state index contributed by atoms with van der Waals surface area (Å²) in [6.45, 7) is 0.374. The van der Waals surface area contributed by atoms with Crippen molar-refractivity contribution < 1.29 is 27.4 Å². The molecule has 0 saturated carbocycles. The minimum absolute atomic E-state index is 0.000782. The van der Waals surface area contributed by atoms with Crippen molar-refractivity contribution in [2.24, 2.45) is 0 Å². The molecule has 0 radical (unpaired) electrons. The molecule has 0 aromatic heterocycles. The van der Waals surface area contributed by atoms with Gasteiger partial charge in [0.05, 0.1) is 24.8 Å². The zero-order chi connectivity index (χ0) is 27.0. The summed E-state index contributed by atoms with van der Waals surface area (Å²) in [5.41, 5.74) is 1.84. The topological polar surface area (TPSA) is 82.1 Å². The van der Waals surface area contributed by atoms with E-state index < -0.39 is 15.9 Å². The van der Waals surface area contributed by atoms with Crippen LogP contribution in [0.5, 0.6) is 17.2 Å². The number of carbonyl (C=O) groups excluding carboxylic acids is 1. The molecule has 194 valence electrons. The molecule has 0 aliphatic heterocycles. The standard InChI is InChI=1S/C30H27NO6S/c1-35-26-17-15-25(16-18-26)31(38(33,34)27-11-7-4-8-12-27)30(32)20-14-23-13-19-28(29(21-23)36-2)37-22-24-9-5-3-6-10-24/h3-21H,22H2,1-2H3/b20-14+. The zero-order valence-electron chi connectivity index (χ0n) is 21.0. The normalized spacial score (nSPS) is 11.2. The van der Waals surface area contributed by atoms with Crippen LogP contribution in [0.3, 0.4) is 0 Å². The van der Waals surface area contributed by atoms with Crippen molar-refractivity contribution in [2.75, 3.05) is 18.5 Å². The molecule has 0 fully saturated rings. The summed E-state index contributed by atoms with van der Waals surface area (Å²) in [5, 5.41) is 0. The minimum atomic E-state index is -4.18. The first-order valence-electron chi connectivity index (χ1n) is 11.7. The number of carbonyl (C=O) groups is 1. The molecule has 0 heterocycles. The first-order chi connectivity index (χ1) is 18.4. The Bertz CT molecular complexity index is 1500. The van der Waals surface area contributed by atoms with Crippen molar-refractivity contribution >= 4 is 27.7 Å². The summed E-state index contributed by atoms with van der Waals surface area (Å²) in [4.78, 5) is 13.3. The smallest absolute Gasteiger partial charge is 0.271 e. The number of methoxy groups -OCH3 is 2. The third kappa shape index (κ3) is 6.22. The van der Waals surface area contributed by atoms with Gasteiger partial charge in [-0.2, -0.15) is 4.31 Å². The minimum Gasteiger partial charge on any atom is -0.497 e. The van der Waals surface area contributed by atoms with Gasteiger partial charge < -0.3 is 14.2 Å². The second-order valence-electron chi connectivity index (χ2n) is 8.14. The molecule has 4 aromatic rings. The van der Waals surface area contributed by atoms with E-state index in [1.807, 2.05) is 30.3 Å². The Hall–Kier alpha value is -4.56. The van der Waals surface area contributed by atoms with Crippen LogP contribution in [0.1, 0.15) is 11.1 Å². The second-order valence-corrected chi connectivity index (χ2v) is 9.92. The lowest BCUT2D eigenvalue weighted by Crippen LogP contribution is -2.35. The average molecular weight is 530 g/mol. The third-order valence-electron chi connectivity index (χ3n) is 5.63. The number of benzene rings is 4. The van der Waals surface area contributed by atoms with Crippen molar-refractivity contribution in [3.8, 4) is 17.2 Å². The van der Waals surface area contributed by atoms with Gasteiger partial charge in [0, 0.05) is 6.08 Å².